The van der Waals surface area contributed by atoms with Crippen molar-refractivity contribution < 1.29 is 19.2 Å². The van der Waals surface area contributed by atoms with Crippen LogP contribution in [0.5, 0.6) is 0 Å². The van der Waals surface area contributed by atoms with Crippen molar-refractivity contribution in [1.82, 2.24) is 9.80 Å². The topological polar surface area (TPSA) is 74.8 Å². The Labute approximate surface area is 118 Å². The summed E-state index contributed by atoms with van der Waals surface area (Å²) in [6, 6.07) is -1.90. The molecule has 1 saturated heterocycles. The first-order valence-electron chi connectivity index (χ1n) is 6.52. The van der Waals surface area contributed by atoms with Crippen LogP contribution in [0, 0.1) is 5.92 Å². The van der Waals surface area contributed by atoms with Gasteiger partial charge in [0.25, 0.3) is 11.8 Å². The highest BCUT2D eigenvalue weighted by molar-refractivity contribution is 6.11. The SMILES string of the molecule is C=CC[C@@H]1C(=O)N(C(C)=O)[C@@H](C(C)C)C(=O)N1C(C)=O. The summed E-state index contributed by atoms with van der Waals surface area (Å²) in [5.74, 6) is -2.27. The van der Waals surface area contributed by atoms with Crippen LogP contribution in [0.15, 0.2) is 12.7 Å². The fraction of sp³-hybridized carbons (Fsp3) is 0.571. The minimum atomic E-state index is -0.976. The lowest BCUT2D eigenvalue weighted by Gasteiger charge is -2.43. The van der Waals surface area contributed by atoms with Gasteiger partial charge in [-0.1, -0.05) is 19.9 Å². The number of carbonyl (C=O) groups is 4. The molecule has 0 spiro atoms. The molecule has 1 rings (SSSR count). The van der Waals surface area contributed by atoms with Gasteiger partial charge >= 0.3 is 0 Å². The number of hydrogen-bond donors (Lipinski definition) is 0. The zero-order chi connectivity index (χ0) is 15.6. The first kappa shape index (κ1) is 16.1. The van der Waals surface area contributed by atoms with Crippen LogP contribution in [-0.4, -0.2) is 45.5 Å². The summed E-state index contributed by atoms with van der Waals surface area (Å²) in [6.45, 7) is 9.48. The number of rotatable bonds is 3. The van der Waals surface area contributed by atoms with E-state index in [2.05, 4.69) is 6.58 Å². The van der Waals surface area contributed by atoms with E-state index >= 15 is 0 Å². The number of piperazine rings is 1. The zero-order valence-corrected chi connectivity index (χ0v) is 12.3. The standard InChI is InChI=1S/C14H20N2O4/c1-6-7-11-13(19)16(10(5)18)12(8(2)3)14(20)15(11)9(4)17/h6,8,11-12H,1,7H2,2-5H3/t11-,12+/m1/s1. The Morgan fingerprint density at radius 1 is 1.15 bits per heavy atom. The molecular formula is C14H20N2O4. The number of carbonyl (C=O) groups excluding carboxylic acids is 4. The molecular weight excluding hydrogens is 260 g/mol. The summed E-state index contributed by atoms with van der Waals surface area (Å²) < 4.78 is 0. The van der Waals surface area contributed by atoms with Crippen LogP contribution >= 0.6 is 0 Å². The van der Waals surface area contributed by atoms with Gasteiger partial charge in [-0.05, 0) is 12.3 Å². The Morgan fingerprint density at radius 3 is 2.00 bits per heavy atom. The summed E-state index contributed by atoms with van der Waals surface area (Å²) in [5, 5.41) is 0. The lowest BCUT2D eigenvalue weighted by molar-refractivity contribution is -0.172. The van der Waals surface area contributed by atoms with Crippen molar-refractivity contribution >= 4 is 23.6 Å². The molecule has 0 radical (unpaired) electrons. The van der Waals surface area contributed by atoms with Crippen LogP contribution in [0.3, 0.4) is 0 Å². The molecule has 0 saturated carbocycles. The van der Waals surface area contributed by atoms with E-state index in [0.717, 1.165) is 9.80 Å². The molecule has 6 heteroatoms. The Morgan fingerprint density at radius 2 is 1.65 bits per heavy atom. The van der Waals surface area contributed by atoms with E-state index in [1.54, 1.807) is 13.8 Å². The molecule has 0 N–H and O–H groups in total. The van der Waals surface area contributed by atoms with Crippen molar-refractivity contribution in [3.63, 3.8) is 0 Å². The number of hydrogen-bond acceptors (Lipinski definition) is 4. The normalized spacial score (nSPS) is 23.2. The van der Waals surface area contributed by atoms with Crippen molar-refractivity contribution in [3.05, 3.63) is 12.7 Å². The maximum atomic E-state index is 12.5. The van der Waals surface area contributed by atoms with Gasteiger partial charge < -0.3 is 0 Å². The molecule has 20 heavy (non-hydrogen) atoms. The predicted molar refractivity (Wildman–Crippen MR) is 72.3 cm³/mol. The van der Waals surface area contributed by atoms with Crippen LogP contribution in [-0.2, 0) is 19.2 Å². The van der Waals surface area contributed by atoms with Gasteiger partial charge in [0, 0.05) is 13.8 Å². The molecule has 0 aromatic heterocycles. The van der Waals surface area contributed by atoms with Crippen molar-refractivity contribution in [2.75, 3.05) is 0 Å². The third kappa shape index (κ3) is 2.64. The van der Waals surface area contributed by atoms with E-state index in [1.165, 1.54) is 19.9 Å². The fourth-order valence-electron chi connectivity index (χ4n) is 2.49. The Balaban J connectivity index is 3.35. The molecule has 6 nitrogen and oxygen atoms in total. The maximum Gasteiger partial charge on any atom is 0.253 e. The van der Waals surface area contributed by atoms with Crippen LogP contribution < -0.4 is 0 Å². The quantitative estimate of drug-likeness (QED) is 0.714. The third-order valence-corrected chi connectivity index (χ3v) is 3.30. The van der Waals surface area contributed by atoms with Gasteiger partial charge in [0.05, 0.1) is 0 Å². The molecule has 2 atom stereocenters. The number of nitrogens with zero attached hydrogens (tertiary/aromatic N) is 2. The first-order chi connectivity index (χ1) is 9.23. The predicted octanol–water partition coefficient (Wildman–Crippen LogP) is 0.720. The van der Waals surface area contributed by atoms with Gasteiger partial charge in [-0.2, -0.15) is 0 Å². The summed E-state index contributed by atoms with van der Waals surface area (Å²) in [6.07, 6.45) is 1.60. The van der Waals surface area contributed by atoms with Gasteiger partial charge in [0.15, 0.2) is 0 Å². The van der Waals surface area contributed by atoms with E-state index < -0.39 is 35.7 Å². The second kappa shape index (κ2) is 5.98. The van der Waals surface area contributed by atoms with Crippen molar-refractivity contribution in [2.45, 2.75) is 46.2 Å². The zero-order valence-electron chi connectivity index (χ0n) is 12.3. The minimum absolute atomic E-state index is 0.138. The maximum absolute atomic E-state index is 12.5. The van der Waals surface area contributed by atoms with Gasteiger partial charge in [-0.15, -0.1) is 6.58 Å². The highest BCUT2D eigenvalue weighted by Gasteiger charge is 2.49. The smallest absolute Gasteiger partial charge is 0.253 e. The summed E-state index contributed by atoms with van der Waals surface area (Å²) in [5.41, 5.74) is 0. The molecule has 110 valence electrons. The van der Waals surface area contributed by atoms with Gasteiger partial charge in [0.1, 0.15) is 12.1 Å². The van der Waals surface area contributed by atoms with Crippen LogP contribution in [0.2, 0.25) is 0 Å². The molecule has 1 aliphatic heterocycles. The van der Waals surface area contributed by atoms with E-state index in [4.69, 9.17) is 0 Å². The van der Waals surface area contributed by atoms with Gasteiger partial charge in [-0.3, -0.25) is 29.0 Å². The molecule has 0 unspecified atom stereocenters. The first-order valence-corrected chi connectivity index (χ1v) is 6.52. The lowest BCUT2D eigenvalue weighted by atomic mass is 9.94. The van der Waals surface area contributed by atoms with Crippen LogP contribution in [0.4, 0.5) is 0 Å². The Hall–Kier alpha value is -1.98. The Kier molecular flexibility index (Phi) is 4.81. The van der Waals surface area contributed by atoms with Crippen molar-refractivity contribution in [2.24, 2.45) is 5.92 Å². The second-order valence-electron chi connectivity index (χ2n) is 5.18. The van der Waals surface area contributed by atoms with E-state index in [9.17, 15) is 19.2 Å². The third-order valence-electron chi connectivity index (χ3n) is 3.30. The molecule has 0 aromatic rings. The second-order valence-corrected chi connectivity index (χ2v) is 5.18. The molecule has 1 heterocycles. The van der Waals surface area contributed by atoms with E-state index in [1.807, 2.05) is 0 Å². The number of imide groups is 2. The lowest BCUT2D eigenvalue weighted by Crippen LogP contribution is -2.67. The van der Waals surface area contributed by atoms with Crippen LogP contribution in [0.1, 0.15) is 34.1 Å². The van der Waals surface area contributed by atoms with Crippen molar-refractivity contribution in [1.29, 1.82) is 0 Å². The van der Waals surface area contributed by atoms with Crippen molar-refractivity contribution in [3.8, 4) is 0 Å². The summed E-state index contributed by atoms with van der Waals surface area (Å²) >= 11 is 0. The van der Waals surface area contributed by atoms with E-state index in [-0.39, 0.29) is 12.3 Å². The largest absolute Gasteiger partial charge is 0.275 e. The fourth-order valence-corrected chi connectivity index (χ4v) is 2.49. The monoisotopic (exact) mass is 280 g/mol. The molecule has 4 amide bonds. The molecule has 0 aliphatic carbocycles. The van der Waals surface area contributed by atoms with Gasteiger partial charge in [-0.25, -0.2) is 0 Å². The summed E-state index contributed by atoms with van der Waals surface area (Å²) in [4.78, 5) is 50.3. The molecule has 0 aromatic carbocycles. The van der Waals surface area contributed by atoms with Crippen LogP contribution in [0.25, 0.3) is 0 Å². The minimum Gasteiger partial charge on any atom is -0.275 e. The molecule has 0 bridgehead atoms. The highest BCUT2D eigenvalue weighted by atomic mass is 16.2. The molecule has 1 aliphatic rings. The number of amides is 4. The average molecular weight is 280 g/mol. The Bertz CT molecular complexity index is 470. The molecule has 1 fully saturated rings. The highest BCUT2D eigenvalue weighted by Crippen LogP contribution is 2.25. The van der Waals surface area contributed by atoms with E-state index in [0.29, 0.717) is 0 Å². The van der Waals surface area contributed by atoms with Gasteiger partial charge in [0.2, 0.25) is 11.8 Å². The summed E-state index contributed by atoms with van der Waals surface area (Å²) in [7, 11) is 0. The average Bonchev–Trinajstić information content (AvgIpc) is 2.31.